The van der Waals surface area contributed by atoms with Gasteiger partial charge in [-0.25, -0.2) is 0 Å². The van der Waals surface area contributed by atoms with Crippen LogP contribution in [-0.4, -0.2) is 43.4 Å². The molecule has 110 valence electrons. The van der Waals surface area contributed by atoms with Gasteiger partial charge in [0.05, 0.1) is 13.5 Å². The van der Waals surface area contributed by atoms with Gasteiger partial charge < -0.3 is 9.64 Å². The second kappa shape index (κ2) is 7.80. The SMILES string of the molecule is COC(=O)CCN(C)C(C)Cc1ccc(C(C)=O)cc1. The van der Waals surface area contributed by atoms with Gasteiger partial charge >= 0.3 is 5.97 Å². The van der Waals surface area contributed by atoms with Gasteiger partial charge in [0.2, 0.25) is 0 Å². The number of hydrogen-bond acceptors (Lipinski definition) is 4. The topological polar surface area (TPSA) is 46.6 Å². The van der Waals surface area contributed by atoms with Crippen molar-refractivity contribution in [3.8, 4) is 0 Å². The van der Waals surface area contributed by atoms with Crippen LogP contribution in [0.15, 0.2) is 24.3 Å². The number of nitrogens with zero attached hydrogens (tertiary/aromatic N) is 1. The third-order valence-electron chi connectivity index (χ3n) is 3.54. The molecule has 0 saturated heterocycles. The largest absolute Gasteiger partial charge is 0.469 e. The molecule has 0 N–H and O–H groups in total. The summed E-state index contributed by atoms with van der Waals surface area (Å²) < 4.78 is 4.64. The van der Waals surface area contributed by atoms with Gasteiger partial charge in [-0.3, -0.25) is 9.59 Å². The Kier molecular flexibility index (Phi) is 6.39. The number of hydrogen-bond donors (Lipinski definition) is 0. The summed E-state index contributed by atoms with van der Waals surface area (Å²) >= 11 is 0. The summed E-state index contributed by atoms with van der Waals surface area (Å²) in [4.78, 5) is 24.5. The Morgan fingerprint density at radius 1 is 1.25 bits per heavy atom. The Hall–Kier alpha value is -1.68. The predicted octanol–water partition coefficient (Wildman–Crippen LogP) is 2.32. The number of carbonyl (C=O) groups excluding carboxylic acids is 2. The molecular weight excluding hydrogens is 254 g/mol. The molecule has 0 aromatic heterocycles. The van der Waals surface area contributed by atoms with Gasteiger partial charge in [0.1, 0.15) is 0 Å². The first kappa shape index (κ1) is 16.4. The van der Waals surface area contributed by atoms with E-state index in [1.54, 1.807) is 6.92 Å². The van der Waals surface area contributed by atoms with E-state index in [-0.39, 0.29) is 11.8 Å². The molecule has 0 amide bonds. The number of esters is 1. The predicted molar refractivity (Wildman–Crippen MR) is 78.9 cm³/mol. The van der Waals surface area contributed by atoms with Crippen LogP contribution in [0.2, 0.25) is 0 Å². The maximum atomic E-state index is 11.2. The molecule has 0 aliphatic heterocycles. The van der Waals surface area contributed by atoms with Crippen molar-refractivity contribution in [1.82, 2.24) is 4.90 Å². The zero-order chi connectivity index (χ0) is 15.1. The van der Waals surface area contributed by atoms with Crippen LogP contribution in [0.1, 0.15) is 36.2 Å². The molecule has 20 heavy (non-hydrogen) atoms. The third kappa shape index (κ3) is 5.13. The van der Waals surface area contributed by atoms with Crippen molar-refractivity contribution in [3.63, 3.8) is 0 Å². The summed E-state index contributed by atoms with van der Waals surface area (Å²) in [6.45, 7) is 4.37. The second-order valence-electron chi connectivity index (χ2n) is 5.11. The van der Waals surface area contributed by atoms with Gasteiger partial charge in [-0.15, -0.1) is 0 Å². The quantitative estimate of drug-likeness (QED) is 0.567. The maximum Gasteiger partial charge on any atom is 0.306 e. The van der Waals surface area contributed by atoms with Crippen LogP contribution < -0.4 is 0 Å². The highest BCUT2D eigenvalue weighted by molar-refractivity contribution is 5.93. The van der Waals surface area contributed by atoms with Crippen molar-refractivity contribution in [2.45, 2.75) is 32.7 Å². The van der Waals surface area contributed by atoms with Crippen molar-refractivity contribution in [1.29, 1.82) is 0 Å². The maximum absolute atomic E-state index is 11.2. The molecule has 0 heterocycles. The van der Waals surface area contributed by atoms with E-state index in [4.69, 9.17) is 0 Å². The van der Waals surface area contributed by atoms with E-state index in [9.17, 15) is 9.59 Å². The van der Waals surface area contributed by atoms with Crippen molar-refractivity contribution in [2.75, 3.05) is 20.7 Å². The van der Waals surface area contributed by atoms with E-state index in [0.717, 1.165) is 12.0 Å². The van der Waals surface area contributed by atoms with Crippen LogP contribution in [-0.2, 0) is 16.0 Å². The first-order chi connectivity index (χ1) is 9.43. The van der Waals surface area contributed by atoms with E-state index in [1.807, 2.05) is 31.3 Å². The van der Waals surface area contributed by atoms with Crippen molar-refractivity contribution >= 4 is 11.8 Å². The fourth-order valence-corrected chi connectivity index (χ4v) is 1.96. The highest BCUT2D eigenvalue weighted by Crippen LogP contribution is 2.10. The molecule has 0 saturated carbocycles. The van der Waals surface area contributed by atoms with Gasteiger partial charge in [0.15, 0.2) is 5.78 Å². The van der Waals surface area contributed by atoms with Crippen molar-refractivity contribution in [3.05, 3.63) is 35.4 Å². The van der Waals surface area contributed by atoms with Gasteiger partial charge in [0.25, 0.3) is 0 Å². The molecule has 4 heteroatoms. The summed E-state index contributed by atoms with van der Waals surface area (Å²) in [6.07, 6.45) is 1.29. The van der Waals surface area contributed by atoms with E-state index < -0.39 is 0 Å². The van der Waals surface area contributed by atoms with Gasteiger partial charge in [0, 0.05) is 18.2 Å². The van der Waals surface area contributed by atoms with Crippen LogP contribution in [0, 0.1) is 0 Å². The number of likely N-dealkylation sites (N-methyl/N-ethyl adjacent to an activating group) is 1. The molecule has 1 unspecified atom stereocenters. The van der Waals surface area contributed by atoms with Crippen LogP contribution in [0.25, 0.3) is 0 Å². The van der Waals surface area contributed by atoms with Crippen LogP contribution in [0.4, 0.5) is 0 Å². The number of rotatable bonds is 7. The fourth-order valence-electron chi connectivity index (χ4n) is 1.96. The van der Waals surface area contributed by atoms with Gasteiger partial charge in [-0.1, -0.05) is 24.3 Å². The first-order valence-electron chi connectivity index (χ1n) is 6.81. The minimum absolute atomic E-state index is 0.0831. The van der Waals surface area contributed by atoms with Gasteiger partial charge in [-0.2, -0.15) is 0 Å². The third-order valence-corrected chi connectivity index (χ3v) is 3.54. The lowest BCUT2D eigenvalue weighted by atomic mass is 10.0. The fraction of sp³-hybridized carbons (Fsp3) is 0.500. The van der Waals surface area contributed by atoms with Crippen LogP contribution >= 0.6 is 0 Å². The minimum atomic E-state index is -0.185. The monoisotopic (exact) mass is 277 g/mol. The Morgan fingerprint density at radius 2 is 1.85 bits per heavy atom. The van der Waals surface area contributed by atoms with Crippen LogP contribution in [0.3, 0.4) is 0 Å². The second-order valence-corrected chi connectivity index (χ2v) is 5.11. The molecule has 0 radical (unpaired) electrons. The number of methoxy groups -OCH3 is 1. The molecule has 0 bridgehead atoms. The average molecular weight is 277 g/mol. The summed E-state index contributed by atoms with van der Waals surface area (Å²) in [6, 6.07) is 8.02. The number of ether oxygens (including phenoxy) is 1. The lowest BCUT2D eigenvalue weighted by molar-refractivity contribution is -0.141. The first-order valence-corrected chi connectivity index (χ1v) is 6.81. The van der Waals surface area contributed by atoms with Crippen molar-refractivity contribution in [2.24, 2.45) is 0 Å². The van der Waals surface area contributed by atoms with Crippen LogP contribution in [0.5, 0.6) is 0 Å². The summed E-state index contributed by atoms with van der Waals surface area (Å²) in [7, 11) is 3.40. The highest BCUT2D eigenvalue weighted by atomic mass is 16.5. The molecule has 4 nitrogen and oxygen atoms in total. The smallest absolute Gasteiger partial charge is 0.306 e. The standard InChI is InChI=1S/C16H23NO3/c1-12(17(3)10-9-16(19)20-4)11-14-5-7-15(8-6-14)13(2)18/h5-8,12H,9-11H2,1-4H3. The Morgan fingerprint density at radius 3 is 2.35 bits per heavy atom. The number of benzene rings is 1. The molecule has 1 aromatic rings. The molecule has 0 aliphatic carbocycles. The number of ketones is 1. The summed E-state index contributed by atoms with van der Waals surface area (Å²) in [5.74, 6) is -0.102. The van der Waals surface area contributed by atoms with Crippen molar-refractivity contribution < 1.29 is 14.3 Å². The van der Waals surface area contributed by atoms with E-state index >= 15 is 0 Å². The lowest BCUT2D eigenvalue weighted by Crippen LogP contribution is -2.32. The molecule has 1 rings (SSSR count). The normalized spacial score (nSPS) is 12.2. The molecule has 0 spiro atoms. The Labute approximate surface area is 120 Å². The Bertz CT molecular complexity index is 453. The number of carbonyl (C=O) groups is 2. The zero-order valence-electron chi connectivity index (χ0n) is 12.7. The van der Waals surface area contributed by atoms with E-state index in [0.29, 0.717) is 19.0 Å². The summed E-state index contributed by atoms with van der Waals surface area (Å²) in [5.41, 5.74) is 1.92. The lowest BCUT2D eigenvalue weighted by Gasteiger charge is -2.24. The number of Topliss-reactive ketones (excluding diaryl/α,β-unsaturated/α-hetero) is 1. The van der Waals surface area contributed by atoms with E-state index in [1.165, 1.54) is 12.7 Å². The molecule has 0 fully saturated rings. The molecule has 0 aliphatic rings. The molecule has 1 atom stereocenters. The zero-order valence-corrected chi connectivity index (χ0v) is 12.7. The Balaban J connectivity index is 2.50. The average Bonchev–Trinajstić information content (AvgIpc) is 2.44. The molecule has 1 aromatic carbocycles. The van der Waals surface area contributed by atoms with Gasteiger partial charge in [-0.05, 0) is 32.9 Å². The molecular formula is C16H23NO3. The van der Waals surface area contributed by atoms with E-state index in [2.05, 4.69) is 16.6 Å². The minimum Gasteiger partial charge on any atom is -0.469 e. The highest BCUT2D eigenvalue weighted by Gasteiger charge is 2.12. The summed E-state index contributed by atoms with van der Waals surface area (Å²) in [5, 5.41) is 0.